The van der Waals surface area contributed by atoms with Crippen molar-refractivity contribution in [3.05, 3.63) is 51.7 Å². The van der Waals surface area contributed by atoms with Crippen LogP contribution in [0.5, 0.6) is 0 Å². The molecular formula is C17H17FN2O3S. The summed E-state index contributed by atoms with van der Waals surface area (Å²) in [5.74, 6) is -1.79. The third-order valence-corrected chi connectivity index (χ3v) is 5.05. The molecule has 1 aromatic heterocycles. The van der Waals surface area contributed by atoms with Gasteiger partial charge in [0.15, 0.2) is 0 Å². The number of halogens is 1. The van der Waals surface area contributed by atoms with Gasteiger partial charge in [-0.05, 0) is 30.9 Å². The zero-order valence-electron chi connectivity index (χ0n) is 12.9. The number of thiazole rings is 1. The third kappa shape index (κ3) is 3.79. The first-order valence-electron chi connectivity index (χ1n) is 7.74. The quantitative estimate of drug-likeness (QED) is 0.871. The minimum atomic E-state index is -0.812. The molecule has 0 aliphatic heterocycles. The Bertz CT molecular complexity index is 762. The first kappa shape index (κ1) is 16.6. The molecule has 0 saturated heterocycles. The highest BCUT2D eigenvalue weighted by Crippen LogP contribution is 2.26. The van der Waals surface area contributed by atoms with E-state index in [-0.39, 0.29) is 23.7 Å². The highest BCUT2D eigenvalue weighted by atomic mass is 32.1. The van der Waals surface area contributed by atoms with Crippen molar-refractivity contribution >= 4 is 23.2 Å². The molecule has 0 bridgehead atoms. The van der Waals surface area contributed by atoms with E-state index in [0.29, 0.717) is 41.9 Å². The molecule has 2 atom stereocenters. The zero-order valence-corrected chi connectivity index (χ0v) is 13.7. The van der Waals surface area contributed by atoms with Crippen LogP contribution in [0.4, 0.5) is 4.39 Å². The van der Waals surface area contributed by atoms with Gasteiger partial charge < -0.3 is 10.4 Å². The second kappa shape index (κ2) is 7.09. The molecule has 7 heteroatoms. The predicted molar refractivity (Wildman–Crippen MR) is 87.6 cm³/mol. The van der Waals surface area contributed by atoms with Crippen LogP contribution in [0.15, 0.2) is 29.6 Å². The Labute approximate surface area is 142 Å². The Morgan fingerprint density at radius 2 is 2.12 bits per heavy atom. The van der Waals surface area contributed by atoms with Gasteiger partial charge in [-0.15, -0.1) is 11.3 Å². The predicted octanol–water partition coefficient (Wildman–Crippen LogP) is 2.86. The van der Waals surface area contributed by atoms with Gasteiger partial charge in [0, 0.05) is 17.8 Å². The average Bonchev–Trinajstić information content (AvgIpc) is 3.19. The van der Waals surface area contributed by atoms with Crippen molar-refractivity contribution in [1.82, 2.24) is 10.3 Å². The number of carboxylic acid groups (broad SMARTS) is 1. The topological polar surface area (TPSA) is 79.3 Å². The van der Waals surface area contributed by atoms with Crippen molar-refractivity contribution in [2.45, 2.75) is 31.7 Å². The second-order valence-corrected chi connectivity index (χ2v) is 6.86. The van der Waals surface area contributed by atoms with Crippen LogP contribution in [0.2, 0.25) is 0 Å². The first-order chi connectivity index (χ1) is 11.5. The number of hydrogen-bond donors (Lipinski definition) is 2. The zero-order chi connectivity index (χ0) is 17.1. The van der Waals surface area contributed by atoms with E-state index in [1.165, 1.54) is 17.4 Å². The molecule has 0 unspecified atom stereocenters. The van der Waals surface area contributed by atoms with Gasteiger partial charge in [-0.25, -0.2) is 9.37 Å². The summed E-state index contributed by atoms with van der Waals surface area (Å²) in [6, 6.07) is 6.36. The summed E-state index contributed by atoms with van der Waals surface area (Å²) in [6.07, 6.45) is 2.03. The summed E-state index contributed by atoms with van der Waals surface area (Å²) in [6.45, 7) is 0. The largest absolute Gasteiger partial charge is 0.481 e. The number of nitrogens with one attached hydrogen (secondary N) is 1. The van der Waals surface area contributed by atoms with Gasteiger partial charge >= 0.3 is 5.97 Å². The molecule has 5 nitrogen and oxygen atoms in total. The summed E-state index contributed by atoms with van der Waals surface area (Å²) in [5.41, 5.74) is 0.837. The van der Waals surface area contributed by atoms with Gasteiger partial charge in [-0.1, -0.05) is 18.2 Å². The van der Waals surface area contributed by atoms with E-state index in [4.69, 9.17) is 5.11 Å². The average molecular weight is 348 g/mol. The molecule has 2 N–H and O–H groups in total. The number of nitrogens with zero attached hydrogens (tertiary/aromatic N) is 1. The van der Waals surface area contributed by atoms with Crippen molar-refractivity contribution in [3.8, 4) is 0 Å². The van der Waals surface area contributed by atoms with E-state index in [1.807, 2.05) is 0 Å². The molecule has 0 radical (unpaired) electrons. The fraction of sp³-hybridized carbons (Fsp3) is 0.353. The first-order valence-corrected chi connectivity index (χ1v) is 8.62. The molecule has 1 aliphatic carbocycles. The lowest BCUT2D eigenvalue weighted by molar-refractivity contribution is -0.141. The van der Waals surface area contributed by atoms with Gasteiger partial charge in [0.1, 0.15) is 11.5 Å². The number of carbonyl (C=O) groups excluding carboxylic acids is 1. The minimum Gasteiger partial charge on any atom is -0.481 e. The fourth-order valence-electron chi connectivity index (χ4n) is 2.90. The Balaban J connectivity index is 1.60. The minimum absolute atomic E-state index is 0.129. The lowest BCUT2D eigenvalue weighted by Crippen LogP contribution is -2.33. The molecule has 2 aromatic rings. The van der Waals surface area contributed by atoms with Crippen LogP contribution in [0, 0.1) is 11.7 Å². The SMILES string of the molecule is O=C(N[C@@H]1CC[C@H](C(=O)O)C1)c1csc(Cc2ccccc2F)n1. The van der Waals surface area contributed by atoms with Gasteiger partial charge in [0.2, 0.25) is 0 Å². The number of rotatable bonds is 5. The van der Waals surface area contributed by atoms with Crippen LogP contribution in [-0.4, -0.2) is 28.0 Å². The maximum Gasteiger partial charge on any atom is 0.306 e. The van der Waals surface area contributed by atoms with Gasteiger partial charge in [-0.2, -0.15) is 0 Å². The van der Waals surface area contributed by atoms with Crippen LogP contribution < -0.4 is 5.32 Å². The molecule has 126 valence electrons. The van der Waals surface area contributed by atoms with Crippen LogP contribution in [0.25, 0.3) is 0 Å². The van der Waals surface area contributed by atoms with E-state index >= 15 is 0 Å². The second-order valence-electron chi connectivity index (χ2n) is 5.91. The van der Waals surface area contributed by atoms with E-state index in [1.54, 1.807) is 23.6 Å². The number of carboxylic acids is 1. The van der Waals surface area contributed by atoms with Crippen molar-refractivity contribution in [1.29, 1.82) is 0 Å². The number of carbonyl (C=O) groups is 2. The summed E-state index contributed by atoms with van der Waals surface area (Å²) in [5, 5.41) is 14.1. The number of aliphatic carboxylic acids is 1. The summed E-state index contributed by atoms with van der Waals surface area (Å²) >= 11 is 1.31. The molecule has 1 saturated carbocycles. The molecule has 1 aliphatic rings. The normalized spacial score (nSPS) is 20.0. The van der Waals surface area contributed by atoms with Crippen LogP contribution >= 0.6 is 11.3 Å². The van der Waals surface area contributed by atoms with E-state index in [9.17, 15) is 14.0 Å². The molecule has 3 rings (SSSR count). The number of hydrogen-bond acceptors (Lipinski definition) is 4. The van der Waals surface area contributed by atoms with Crippen molar-refractivity contribution in [2.75, 3.05) is 0 Å². The van der Waals surface area contributed by atoms with Crippen LogP contribution in [0.1, 0.15) is 40.3 Å². The van der Waals surface area contributed by atoms with Crippen molar-refractivity contribution in [2.24, 2.45) is 5.92 Å². The third-order valence-electron chi connectivity index (χ3n) is 4.20. The maximum absolute atomic E-state index is 13.7. The summed E-state index contributed by atoms with van der Waals surface area (Å²) in [7, 11) is 0. The molecule has 1 amide bonds. The Morgan fingerprint density at radius 1 is 1.33 bits per heavy atom. The standard InChI is InChI=1S/C17H17FN2O3S/c18-13-4-2-1-3-10(13)8-15-20-14(9-24-15)16(21)19-12-6-5-11(7-12)17(22)23/h1-4,9,11-12H,5-8H2,(H,19,21)(H,22,23)/t11-,12+/m0/s1. The summed E-state index contributed by atoms with van der Waals surface area (Å²) < 4.78 is 13.7. The van der Waals surface area contributed by atoms with Crippen molar-refractivity contribution in [3.63, 3.8) is 0 Å². The molecule has 1 fully saturated rings. The van der Waals surface area contributed by atoms with Crippen molar-refractivity contribution < 1.29 is 19.1 Å². The number of aromatic nitrogens is 1. The molecule has 1 heterocycles. The van der Waals surface area contributed by atoms with E-state index in [2.05, 4.69) is 10.3 Å². The van der Waals surface area contributed by atoms with Crippen LogP contribution in [0.3, 0.4) is 0 Å². The number of benzene rings is 1. The molecular weight excluding hydrogens is 331 g/mol. The highest BCUT2D eigenvalue weighted by Gasteiger charge is 2.31. The summed E-state index contributed by atoms with van der Waals surface area (Å²) in [4.78, 5) is 27.4. The monoisotopic (exact) mass is 348 g/mol. The van der Waals surface area contributed by atoms with Crippen LogP contribution in [-0.2, 0) is 11.2 Å². The van der Waals surface area contributed by atoms with Gasteiger partial charge in [0.25, 0.3) is 5.91 Å². The Morgan fingerprint density at radius 3 is 2.83 bits per heavy atom. The molecule has 0 spiro atoms. The number of amides is 1. The lowest BCUT2D eigenvalue weighted by Gasteiger charge is -2.10. The Hall–Kier alpha value is -2.28. The molecule has 24 heavy (non-hydrogen) atoms. The van der Waals surface area contributed by atoms with Gasteiger partial charge in [0.05, 0.1) is 10.9 Å². The lowest BCUT2D eigenvalue weighted by atomic mass is 10.1. The molecule has 1 aromatic carbocycles. The fourth-order valence-corrected chi connectivity index (χ4v) is 3.69. The van der Waals surface area contributed by atoms with Gasteiger partial charge in [-0.3, -0.25) is 9.59 Å². The highest BCUT2D eigenvalue weighted by molar-refractivity contribution is 7.09. The van der Waals surface area contributed by atoms with E-state index < -0.39 is 5.97 Å². The Kier molecular flexibility index (Phi) is 4.89. The maximum atomic E-state index is 13.7. The smallest absolute Gasteiger partial charge is 0.306 e. The van der Waals surface area contributed by atoms with E-state index in [0.717, 1.165) is 0 Å².